The predicted molar refractivity (Wildman–Crippen MR) is 269 cm³/mol. The van der Waals surface area contributed by atoms with Gasteiger partial charge in [-0.3, -0.25) is 28.9 Å². The van der Waals surface area contributed by atoms with Gasteiger partial charge in [0.15, 0.2) is 11.6 Å². The van der Waals surface area contributed by atoms with E-state index in [-0.39, 0.29) is 43.3 Å². The molecule has 14 heteroatoms. The van der Waals surface area contributed by atoms with E-state index < -0.39 is 41.1 Å². The number of hydrogen-bond acceptors (Lipinski definition) is 13. The van der Waals surface area contributed by atoms with Crippen LogP contribution in [0.3, 0.4) is 0 Å². The van der Waals surface area contributed by atoms with Gasteiger partial charge >= 0.3 is 5.97 Å². The molecule has 0 radical (unpaired) electrons. The Labute approximate surface area is 408 Å². The first-order valence-corrected chi connectivity index (χ1v) is 22.8. The molecule has 70 heavy (non-hydrogen) atoms. The Hall–Kier alpha value is -7.97. The van der Waals surface area contributed by atoms with Gasteiger partial charge in [-0.1, -0.05) is 36.4 Å². The van der Waals surface area contributed by atoms with Gasteiger partial charge in [0.1, 0.15) is 61.2 Å². The van der Waals surface area contributed by atoms with Crippen LogP contribution in [-0.2, 0) is 14.9 Å². The number of nitrogens with zero attached hydrogens (tertiary/aromatic N) is 4. The maximum absolute atomic E-state index is 15.4. The molecule has 1 aliphatic rings. The van der Waals surface area contributed by atoms with Crippen molar-refractivity contribution in [3.8, 4) is 17.2 Å². The molecule has 0 unspecified atom stereocenters. The summed E-state index contributed by atoms with van der Waals surface area (Å²) in [7, 11) is 11.9. The first-order valence-electron chi connectivity index (χ1n) is 22.8. The Morgan fingerprint density at radius 2 is 0.857 bits per heavy atom. The third kappa shape index (κ3) is 10.8. The van der Waals surface area contributed by atoms with E-state index >= 15 is 4.79 Å². The zero-order valence-electron chi connectivity index (χ0n) is 40.7. The molecule has 0 aliphatic carbocycles. The van der Waals surface area contributed by atoms with Crippen molar-refractivity contribution in [1.82, 2.24) is 4.90 Å². The summed E-state index contributed by atoms with van der Waals surface area (Å²) in [6, 6.07) is 42.1. The monoisotopic (exact) mass is 946 g/mol. The second-order valence-electron chi connectivity index (χ2n) is 18.0. The van der Waals surface area contributed by atoms with Gasteiger partial charge in [-0.15, -0.1) is 0 Å². The fourth-order valence-electron chi connectivity index (χ4n) is 8.21. The van der Waals surface area contributed by atoms with Crippen molar-refractivity contribution in [2.75, 3.05) is 90.0 Å². The van der Waals surface area contributed by atoms with Gasteiger partial charge in [-0.25, -0.2) is 0 Å². The van der Waals surface area contributed by atoms with Gasteiger partial charge in [0.05, 0.1) is 11.1 Å². The third-order valence-corrected chi connectivity index (χ3v) is 12.0. The highest BCUT2D eigenvalue weighted by molar-refractivity contribution is 6.22. The molecule has 0 bridgehead atoms. The zero-order chi connectivity index (χ0) is 50.3. The van der Waals surface area contributed by atoms with Crippen molar-refractivity contribution in [3.05, 3.63) is 178 Å². The quantitative estimate of drug-likeness (QED) is 0.0246. The van der Waals surface area contributed by atoms with Crippen LogP contribution in [0.1, 0.15) is 72.0 Å². The number of imide groups is 1. The average Bonchev–Trinajstić information content (AvgIpc) is 3.58. The molecule has 14 nitrogen and oxygen atoms in total. The molecule has 6 aromatic carbocycles. The van der Waals surface area contributed by atoms with Crippen molar-refractivity contribution in [2.24, 2.45) is 0 Å². The highest BCUT2D eigenvalue weighted by Gasteiger charge is 2.44. The lowest BCUT2D eigenvalue weighted by Crippen LogP contribution is -2.39. The van der Waals surface area contributed by atoms with Crippen LogP contribution in [-0.4, -0.2) is 120 Å². The van der Waals surface area contributed by atoms with E-state index in [2.05, 4.69) is 0 Å². The molecule has 362 valence electrons. The molecule has 0 saturated carbocycles. The highest BCUT2D eigenvalue weighted by Crippen LogP contribution is 2.44. The van der Waals surface area contributed by atoms with Crippen LogP contribution >= 0.6 is 0 Å². The minimum absolute atomic E-state index is 0.0181. The molecule has 1 heterocycles. The van der Waals surface area contributed by atoms with Gasteiger partial charge in [0.25, 0.3) is 11.8 Å². The maximum atomic E-state index is 15.4. The fourth-order valence-corrected chi connectivity index (χ4v) is 8.21. The molecule has 0 saturated heterocycles. The van der Waals surface area contributed by atoms with E-state index in [1.807, 2.05) is 130 Å². The Morgan fingerprint density at radius 3 is 1.27 bits per heavy atom. The summed E-state index contributed by atoms with van der Waals surface area (Å²) in [6.45, 7) is 2.28. The smallest absolute Gasteiger partial charge is 0.326 e. The summed E-state index contributed by atoms with van der Waals surface area (Å²) in [5.74, 6) is -1.36. The second kappa shape index (κ2) is 21.1. The fraction of sp³-hybridized carbons (Fsp3) is 0.268. The highest BCUT2D eigenvalue weighted by atomic mass is 16.6. The molecule has 0 atom stereocenters. The summed E-state index contributed by atoms with van der Waals surface area (Å²) < 4.78 is 22.7. The SMILES string of the molecule is CN(C)c1ccc(C(C(=O)c2ccc(OCCOc3ccc4c(c3)C(=O)N(CC(=O)OCCOc3ccc(C(=O)C(C)(C)O)cc3)C4=O)cc2)(c2ccc(N(C)C)cc2)c2ccc(N(C)C)cc2)cc1. The van der Waals surface area contributed by atoms with E-state index in [0.29, 0.717) is 28.4 Å². The minimum atomic E-state index is -1.51. The molecule has 0 aromatic heterocycles. The topological polar surface area (TPSA) is 155 Å². The first kappa shape index (κ1) is 49.9. The number of carbonyl (C=O) groups excluding carboxylic acids is 5. The van der Waals surface area contributed by atoms with E-state index in [1.54, 1.807) is 42.5 Å². The van der Waals surface area contributed by atoms with Gasteiger partial charge in [-0.05, 0) is 134 Å². The summed E-state index contributed by atoms with van der Waals surface area (Å²) in [6.07, 6.45) is 0. The standard InChI is InChI=1S/C56H58N4O10/c1-55(2,66)51(62)37-9-25-45(26-10-37)68-33-34-70-50(61)36-60-53(64)48-30-29-47(35-49(48)54(60)65)69-32-31-67-46-27-11-38(12-28-46)52(63)56(39-13-19-42(20-14-39)57(3)4,40-15-21-43(22-16-40)58(5)6)41-17-23-44(24-18-41)59(7)8/h9-30,35,66H,31-34,36H2,1-8H3. The molecular formula is C56H58N4O10. The van der Waals surface area contributed by atoms with Gasteiger partial charge in [0, 0.05) is 70.5 Å². The van der Waals surface area contributed by atoms with E-state index in [4.69, 9.17) is 18.9 Å². The Bertz CT molecular complexity index is 2710. The average molecular weight is 947 g/mol. The summed E-state index contributed by atoms with van der Waals surface area (Å²) in [4.78, 5) is 73.6. The maximum Gasteiger partial charge on any atom is 0.326 e. The van der Waals surface area contributed by atoms with Crippen molar-refractivity contribution in [2.45, 2.75) is 24.9 Å². The molecule has 1 aliphatic heterocycles. The van der Waals surface area contributed by atoms with Crippen LogP contribution in [0, 0.1) is 0 Å². The van der Waals surface area contributed by atoms with Crippen LogP contribution in [0.5, 0.6) is 17.2 Å². The zero-order valence-corrected chi connectivity index (χ0v) is 40.7. The van der Waals surface area contributed by atoms with Crippen molar-refractivity contribution in [3.63, 3.8) is 0 Å². The Morgan fingerprint density at radius 1 is 0.486 bits per heavy atom. The molecule has 7 rings (SSSR count). The molecular weight excluding hydrogens is 889 g/mol. The van der Waals surface area contributed by atoms with Crippen molar-refractivity contribution < 1.29 is 48.0 Å². The van der Waals surface area contributed by atoms with Crippen LogP contribution in [0.15, 0.2) is 140 Å². The van der Waals surface area contributed by atoms with E-state index in [1.165, 1.54) is 38.1 Å². The number of rotatable bonds is 21. The summed E-state index contributed by atoms with van der Waals surface area (Å²) in [5.41, 5.74) is 3.82. The molecule has 6 aromatic rings. The number of amides is 2. The lowest BCUT2D eigenvalue weighted by atomic mass is 9.65. The van der Waals surface area contributed by atoms with Crippen LogP contribution in [0.25, 0.3) is 0 Å². The van der Waals surface area contributed by atoms with Crippen molar-refractivity contribution in [1.29, 1.82) is 0 Å². The number of carbonyl (C=O) groups is 5. The lowest BCUT2D eigenvalue weighted by molar-refractivity contribution is -0.144. The van der Waals surface area contributed by atoms with E-state index in [0.717, 1.165) is 38.7 Å². The number of Topliss-reactive ketones (excluding diaryl/α,β-unsaturated/α-hetero) is 2. The van der Waals surface area contributed by atoms with E-state index in [9.17, 15) is 24.3 Å². The number of ether oxygens (including phenoxy) is 4. The summed E-state index contributed by atoms with van der Waals surface area (Å²) in [5, 5.41) is 9.94. The number of anilines is 3. The van der Waals surface area contributed by atoms with Crippen LogP contribution in [0.4, 0.5) is 17.1 Å². The number of fused-ring (bicyclic) bond motifs is 1. The van der Waals surface area contributed by atoms with Gasteiger partial charge in [0.2, 0.25) is 0 Å². The largest absolute Gasteiger partial charge is 0.490 e. The summed E-state index contributed by atoms with van der Waals surface area (Å²) >= 11 is 0. The number of aliphatic hydroxyl groups is 1. The third-order valence-electron chi connectivity index (χ3n) is 12.0. The predicted octanol–water partition coefficient (Wildman–Crippen LogP) is 7.73. The number of hydrogen-bond donors (Lipinski definition) is 1. The second-order valence-corrected chi connectivity index (χ2v) is 18.0. The van der Waals surface area contributed by atoms with Crippen LogP contribution in [0.2, 0.25) is 0 Å². The first-order chi connectivity index (χ1) is 33.4. The number of esters is 1. The number of ketones is 2. The van der Waals surface area contributed by atoms with Crippen LogP contribution < -0.4 is 28.9 Å². The molecule has 2 amide bonds. The normalized spacial score (nSPS) is 12.3. The van der Waals surface area contributed by atoms with Gasteiger partial charge in [-0.2, -0.15) is 0 Å². The van der Waals surface area contributed by atoms with Crippen molar-refractivity contribution >= 4 is 46.4 Å². The van der Waals surface area contributed by atoms with Gasteiger partial charge < -0.3 is 38.8 Å². The molecule has 1 N–H and O–H groups in total. The Balaban J connectivity index is 0.975. The number of benzene rings is 6. The molecule has 0 spiro atoms. The Kier molecular flexibility index (Phi) is 15.1. The molecule has 0 fully saturated rings. The minimum Gasteiger partial charge on any atom is -0.490 e. The lowest BCUT2D eigenvalue weighted by Gasteiger charge is -2.35.